The number of hydrogen-bond acceptors (Lipinski definition) is 7. The summed E-state index contributed by atoms with van der Waals surface area (Å²) >= 11 is 7.61. The van der Waals surface area contributed by atoms with E-state index in [9.17, 15) is 9.59 Å². The first-order valence-electron chi connectivity index (χ1n) is 10.1. The number of pyridine rings is 1. The van der Waals surface area contributed by atoms with E-state index in [4.69, 9.17) is 16.3 Å². The number of ether oxygens (including phenoxy) is 1. The zero-order chi connectivity index (χ0) is 22.5. The van der Waals surface area contributed by atoms with Crippen molar-refractivity contribution >= 4 is 45.6 Å². The third-order valence-electron chi connectivity index (χ3n) is 5.01. The molecular formula is C22H22ClN5O3S. The number of carbonyl (C=O) groups excluding carboxylic acids is 2. The number of methoxy groups -OCH3 is 1. The van der Waals surface area contributed by atoms with Gasteiger partial charge in [0.1, 0.15) is 11.4 Å². The maximum Gasteiger partial charge on any atom is 0.269 e. The molecule has 2 N–H and O–H groups in total. The highest BCUT2D eigenvalue weighted by Gasteiger charge is 2.22. The molecule has 2 aromatic heterocycles. The van der Waals surface area contributed by atoms with Crippen molar-refractivity contribution in [2.75, 3.05) is 30.4 Å². The maximum absolute atomic E-state index is 12.3. The summed E-state index contributed by atoms with van der Waals surface area (Å²) in [5.41, 5.74) is 2.36. The lowest BCUT2D eigenvalue weighted by Crippen LogP contribution is -2.29. The molecule has 32 heavy (non-hydrogen) atoms. The van der Waals surface area contributed by atoms with E-state index < -0.39 is 0 Å². The van der Waals surface area contributed by atoms with Crippen molar-refractivity contribution in [1.82, 2.24) is 15.3 Å². The second-order valence-electron chi connectivity index (χ2n) is 7.15. The van der Waals surface area contributed by atoms with Crippen LogP contribution in [0.1, 0.15) is 27.5 Å². The summed E-state index contributed by atoms with van der Waals surface area (Å²) in [6, 6.07) is 10.8. The van der Waals surface area contributed by atoms with Gasteiger partial charge in [-0.1, -0.05) is 29.0 Å². The Labute approximate surface area is 194 Å². The molecule has 4 rings (SSSR count). The first-order chi connectivity index (χ1) is 15.5. The summed E-state index contributed by atoms with van der Waals surface area (Å²) in [5, 5.41) is 6.69. The van der Waals surface area contributed by atoms with Crippen molar-refractivity contribution in [3.05, 3.63) is 63.9 Å². The Morgan fingerprint density at radius 3 is 2.94 bits per heavy atom. The largest absolute Gasteiger partial charge is 0.495 e. The molecule has 0 bridgehead atoms. The van der Waals surface area contributed by atoms with Crippen LogP contribution in [0.3, 0.4) is 0 Å². The number of nitrogens with zero attached hydrogens (tertiary/aromatic N) is 3. The van der Waals surface area contributed by atoms with Crippen LogP contribution < -0.4 is 20.3 Å². The van der Waals surface area contributed by atoms with Gasteiger partial charge in [-0.05, 0) is 24.3 Å². The minimum absolute atomic E-state index is 0.152. The Kier molecular flexibility index (Phi) is 6.87. The number of anilines is 2. The highest BCUT2D eigenvalue weighted by atomic mass is 35.5. The molecule has 10 heteroatoms. The topological polar surface area (TPSA) is 96.5 Å². The van der Waals surface area contributed by atoms with Gasteiger partial charge >= 0.3 is 0 Å². The van der Waals surface area contributed by atoms with E-state index in [1.807, 2.05) is 18.2 Å². The molecule has 0 spiro atoms. The van der Waals surface area contributed by atoms with Crippen LogP contribution in [0.15, 0.2) is 42.6 Å². The van der Waals surface area contributed by atoms with E-state index in [-0.39, 0.29) is 24.8 Å². The van der Waals surface area contributed by atoms with Gasteiger partial charge < -0.3 is 20.3 Å². The second-order valence-corrected chi connectivity index (χ2v) is 8.64. The van der Waals surface area contributed by atoms with Crippen molar-refractivity contribution in [3.63, 3.8) is 0 Å². The highest BCUT2D eigenvalue weighted by Crippen LogP contribution is 2.34. The summed E-state index contributed by atoms with van der Waals surface area (Å²) in [5.74, 6) is 0.140. The van der Waals surface area contributed by atoms with Crippen LogP contribution in [0.5, 0.6) is 5.75 Å². The fourth-order valence-corrected chi connectivity index (χ4v) is 4.61. The highest BCUT2D eigenvalue weighted by molar-refractivity contribution is 7.15. The van der Waals surface area contributed by atoms with Gasteiger partial charge in [0.25, 0.3) is 5.91 Å². The molecule has 0 aliphatic carbocycles. The lowest BCUT2D eigenvalue weighted by atomic mass is 10.1. The van der Waals surface area contributed by atoms with Crippen molar-refractivity contribution in [1.29, 1.82) is 0 Å². The number of fused-ring (bicyclic) bond motifs is 1. The molecule has 1 aliphatic rings. The Balaban J connectivity index is 1.31. The van der Waals surface area contributed by atoms with Gasteiger partial charge in [-0.3, -0.25) is 14.6 Å². The molecular weight excluding hydrogens is 450 g/mol. The smallest absolute Gasteiger partial charge is 0.269 e. The van der Waals surface area contributed by atoms with E-state index in [1.54, 1.807) is 31.5 Å². The van der Waals surface area contributed by atoms with Gasteiger partial charge in [-0.15, -0.1) is 0 Å². The number of thiazole rings is 1. The van der Waals surface area contributed by atoms with E-state index in [0.29, 0.717) is 28.1 Å². The van der Waals surface area contributed by atoms with Gasteiger partial charge in [0.2, 0.25) is 5.91 Å². The second kappa shape index (κ2) is 9.97. The van der Waals surface area contributed by atoms with Crippen molar-refractivity contribution in [2.24, 2.45) is 0 Å². The quantitative estimate of drug-likeness (QED) is 0.547. The molecule has 0 atom stereocenters. The number of rotatable bonds is 7. The fourth-order valence-electron chi connectivity index (χ4n) is 3.37. The number of carbonyl (C=O) groups is 2. The van der Waals surface area contributed by atoms with E-state index in [2.05, 4.69) is 25.5 Å². The number of amides is 2. The Bertz CT molecular complexity index is 1120. The van der Waals surface area contributed by atoms with E-state index >= 15 is 0 Å². The number of benzene rings is 1. The standard InChI is InChI=1S/C22H22ClN5O3S/c1-31-18-12-14(5-6-15(18)23)28-11-8-16-19(13-28)32-22(26-16)27-20(29)7-10-25-21(30)17-4-2-3-9-24-17/h2-6,9,12H,7-8,10-11,13H2,1H3,(H,25,30)(H,26,27,29). The van der Waals surface area contributed by atoms with Crippen LogP contribution in [-0.2, 0) is 17.8 Å². The molecule has 8 nitrogen and oxygen atoms in total. The van der Waals surface area contributed by atoms with Crippen LogP contribution >= 0.6 is 22.9 Å². The predicted molar refractivity (Wildman–Crippen MR) is 125 cm³/mol. The Morgan fingerprint density at radius 2 is 2.16 bits per heavy atom. The molecule has 3 aromatic rings. The normalized spacial score (nSPS) is 12.8. The first-order valence-corrected chi connectivity index (χ1v) is 11.3. The molecule has 0 fully saturated rings. The van der Waals surface area contributed by atoms with Gasteiger partial charge in [0, 0.05) is 48.8 Å². The average molecular weight is 472 g/mol. The fraction of sp³-hybridized carbons (Fsp3) is 0.273. The SMILES string of the molecule is COc1cc(N2CCc3nc(NC(=O)CCNC(=O)c4ccccn4)sc3C2)ccc1Cl. The van der Waals surface area contributed by atoms with Gasteiger partial charge in [0.05, 0.1) is 24.4 Å². The minimum Gasteiger partial charge on any atom is -0.495 e. The van der Waals surface area contributed by atoms with Crippen LogP contribution in [0.4, 0.5) is 10.8 Å². The average Bonchev–Trinajstić information content (AvgIpc) is 3.21. The van der Waals surface area contributed by atoms with Gasteiger partial charge in [-0.2, -0.15) is 0 Å². The lowest BCUT2D eigenvalue weighted by molar-refractivity contribution is -0.116. The molecule has 0 unspecified atom stereocenters. The molecule has 0 saturated heterocycles. The minimum atomic E-state index is -0.304. The summed E-state index contributed by atoms with van der Waals surface area (Å²) in [6.07, 6.45) is 2.49. The zero-order valence-corrected chi connectivity index (χ0v) is 19.0. The lowest BCUT2D eigenvalue weighted by Gasteiger charge is -2.28. The number of nitrogens with one attached hydrogen (secondary N) is 2. The van der Waals surface area contributed by atoms with E-state index in [1.165, 1.54) is 11.3 Å². The van der Waals surface area contributed by atoms with Crippen LogP contribution in [0, 0.1) is 0 Å². The van der Waals surface area contributed by atoms with Crippen LogP contribution in [0.25, 0.3) is 0 Å². The number of aromatic nitrogens is 2. The Morgan fingerprint density at radius 1 is 1.28 bits per heavy atom. The molecule has 0 radical (unpaired) electrons. The number of halogens is 1. The predicted octanol–water partition coefficient (Wildman–Crippen LogP) is 3.52. The van der Waals surface area contributed by atoms with Crippen LogP contribution in [-0.4, -0.2) is 42.0 Å². The molecule has 0 saturated carbocycles. The molecule has 1 aliphatic heterocycles. The first kappa shape index (κ1) is 22.0. The van der Waals surface area contributed by atoms with Crippen molar-refractivity contribution < 1.29 is 14.3 Å². The van der Waals surface area contributed by atoms with E-state index in [0.717, 1.165) is 29.2 Å². The monoisotopic (exact) mass is 471 g/mol. The summed E-state index contributed by atoms with van der Waals surface area (Å²) < 4.78 is 5.32. The zero-order valence-electron chi connectivity index (χ0n) is 17.4. The maximum atomic E-state index is 12.3. The van der Waals surface area contributed by atoms with Crippen LogP contribution in [0.2, 0.25) is 5.02 Å². The summed E-state index contributed by atoms with van der Waals surface area (Å²) in [7, 11) is 1.60. The van der Waals surface area contributed by atoms with Crippen molar-refractivity contribution in [2.45, 2.75) is 19.4 Å². The number of hydrogen-bond donors (Lipinski definition) is 2. The third-order valence-corrected chi connectivity index (χ3v) is 6.32. The Hall–Kier alpha value is -3.17. The molecule has 3 heterocycles. The third kappa shape index (κ3) is 5.17. The summed E-state index contributed by atoms with van der Waals surface area (Å²) in [6.45, 7) is 1.74. The summed E-state index contributed by atoms with van der Waals surface area (Å²) in [4.78, 5) is 36.2. The van der Waals surface area contributed by atoms with Crippen molar-refractivity contribution in [3.8, 4) is 5.75 Å². The molecule has 2 amide bonds. The molecule has 1 aromatic carbocycles. The van der Waals surface area contributed by atoms with Gasteiger partial charge in [0.15, 0.2) is 5.13 Å². The molecule has 166 valence electrons. The van der Waals surface area contributed by atoms with Gasteiger partial charge in [-0.25, -0.2) is 4.98 Å².